The van der Waals surface area contributed by atoms with E-state index in [0.717, 1.165) is 54.7 Å². The average Bonchev–Trinajstić information content (AvgIpc) is 3.88. The Morgan fingerprint density at radius 3 is 1.04 bits per heavy atom. The Labute approximate surface area is 402 Å². The molecule has 9 aromatic rings. The molecule has 2 aromatic heterocycles. The Balaban J connectivity index is 0.860. The van der Waals surface area contributed by atoms with Crippen LogP contribution in [0.1, 0.15) is 112 Å². The zero-order valence-corrected chi connectivity index (χ0v) is 39.3. The van der Waals surface area contributed by atoms with Gasteiger partial charge in [0.1, 0.15) is 11.4 Å². The van der Waals surface area contributed by atoms with Crippen LogP contribution in [0.3, 0.4) is 0 Å². The summed E-state index contributed by atoms with van der Waals surface area (Å²) in [6.07, 6.45) is 0. The van der Waals surface area contributed by atoms with Crippen molar-refractivity contribution < 1.29 is 38.4 Å². The third-order valence-corrected chi connectivity index (χ3v) is 12.7. The largest absolute Gasteiger partial charge is 0.365 e. The fourth-order valence-corrected chi connectivity index (χ4v) is 8.99. The van der Waals surface area contributed by atoms with Gasteiger partial charge in [-0.2, -0.15) is 0 Å². The minimum absolute atomic E-state index is 0.0479. The first-order chi connectivity index (χ1) is 33.8. The zero-order valence-electron chi connectivity index (χ0n) is 39.3. The van der Waals surface area contributed by atoms with Crippen molar-refractivity contribution in [2.75, 3.05) is 0 Å². The third-order valence-electron chi connectivity index (χ3n) is 12.7. The van der Waals surface area contributed by atoms with Gasteiger partial charge in [0.05, 0.1) is 11.1 Å². The highest BCUT2D eigenvalue weighted by atomic mass is 16.7. The summed E-state index contributed by atoms with van der Waals surface area (Å²) in [4.78, 5) is 90.6. The summed E-state index contributed by atoms with van der Waals surface area (Å²) in [6.45, 7) is 12.1. The first-order valence-corrected chi connectivity index (χ1v) is 22.8. The van der Waals surface area contributed by atoms with E-state index < -0.39 is 23.5 Å². The second kappa shape index (κ2) is 19.0. The smallest absolute Gasteiger partial charge is 0.341 e. The lowest BCUT2D eigenvalue weighted by Gasteiger charge is -2.06. The molecule has 0 fully saturated rings. The second-order valence-corrected chi connectivity index (χ2v) is 17.1. The highest BCUT2D eigenvalue weighted by molar-refractivity contribution is 6.46. The van der Waals surface area contributed by atoms with Crippen LogP contribution >= 0.6 is 0 Å². The number of hydrogen-bond acceptors (Lipinski definition) is 10. The van der Waals surface area contributed by atoms with Crippen LogP contribution < -0.4 is 0 Å². The molecule has 346 valence electrons. The number of fused-ring (bicyclic) bond motifs is 6. The molecule has 12 nitrogen and oxygen atoms in total. The number of nitrogens with zero attached hydrogens (tertiary/aromatic N) is 4. The summed E-state index contributed by atoms with van der Waals surface area (Å²) < 4.78 is 4.24. The first-order valence-electron chi connectivity index (χ1n) is 22.8. The number of aromatic nitrogens is 2. The van der Waals surface area contributed by atoms with Crippen LogP contribution in [0.4, 0.5) is 0 Å². The molecule has 0 aliphatic rings. The molecule has 0 radical (unpaired) electrons. The van der Waals surface area contributed by atoms with Crippen LogP contribution in [0.25, 0.3) is 43.6 Å². The van der Waals surface area contributed by atoms with E-state index in [1.807, 2.05) is 125 Å². The molecule has 0 amide bonds. The monoisotopic (exact) mass is 926 g/mol. The molecule has 0 bridgehead atoms. The van der Waals surface area contributed by atoms with E-state index >= 15 is 0 Å². The van der Waals surface area contributed by atoms with Crippen molar-refractivity contribution in [1.29, 1.82) is 0 Å². The molecular formula is C58H46N4O8. The SMILES string of the molecule is CCn1c2ccc(C(=O)/C(C)=N\OC(=O)c3ccc(C(=O)O/N=C(/C)C(=O)c4ccc5c(c4)c4cc(C(=O)c6ccccc6C)ccc4n5CC)cc3)cc2c2cc(C(=O)c3ccccc3C)ccc21. The highest BCUT2D eigenvalue weighted by Crippen LogP contribution is 2.34. The summed E-state index contributed by atoms with van der Waals surface area (Å²) in [5, 5.41) is 10.9. The Morgan fingerprint density at radius 1 is 0.414 bits per heavy atom. The molecule has 0 N–H and O–H groups in total. The van der Waals surface area contributed by atoms with E-state index in [1.54, 1.807) is 24.3 Å². The Bertz CT molecular complexity index is 3500. The Hall–Kier alpha value is -8.90. The van der Waals surface area contributed by atoms with Crippen LogP contribution in [0.2, 0.25) is 0 Å². The number of carbonyl (C=O) groups is 6. The molecule has 0 saturated heterocycles. The number of ketones is 4. The van der Waals surface area contributed by atoms with Crippen LogP contribution in [-0.4, -0.2) is 55.6 Å². The standard InChI is InChI=1S/C58H46N4O8/c1-7-61-49-25-21-39(29-45(49)47-31-41(23-27-51(47)61)55(65)43-15-11-9-13-33(43)3)53(63)35(5)59-69-57(67)37-17-19-38(20-18-37)58(68)70-60-36(6)54(64)40-22-26-50-46(30-40)48-32-42(24-28-52(48)62(50)8-2)56(66)44-16-12-10-14-34(44)4/h9-32H,7-8H2,1-6H3/b59-35-,60-36-. The second-order valence-electron chi connectivity index (χ2n) is 17.1. The van der Waals surface area contributed by atoms with E-state index in [1.165, 1.54) is 38.1 Å². The third kappa shape index (κ3) is 8.51. The molecule has 0 unspecified atom stereocenters. The van der Waals surface area contributed by atoms with Crippen LogP contribution in [0, 0.1) is 13.8 Å². The van der Waals surface area contributed by atoms with Gasteiger partial charge >= 0.3 is 11.9 Å². The molecule has 12 heteroatoms. The number of benzene rings is 7. The molecule has 70 heavy (non-hydrogen) atoms. The summed E-state index contributed by atoms with van der Waals surface area (Å²) in [6, 6.07) is 42.1. The van der Waals surface area contributed by atoms with Gasteiger partial charge in [-0.25, -0.2) is 9.59 Å². The maximum Gasteiger partial charge on any atom is 0.365 e. The van der Waals surface area contributed by atoms with Gasteiger partial charge in [0.2, 0.25) is 11.6 Å². The fraction of sp³-hybridized carbons (Fsp3) is 0.138. The van der Waals surface area contributed by atoms with E-state index in [9.17, 15) is 28.8 Å². The predicted molar refractivity (Wildman–Crippen MR) is 272 cm³/mol. The maximum atomic E-state index is 13.6. The van der Waals surface area contributed by atoms with Crippen molar-refractivity contribution in [1.82, 2.24) is 9.13 Å². The van der Waals surface area contributed by atoms with E-state index in [0.29, 0.717) is 46.5 Å². The Kier molecular flexibility index (Phi) is 12.5. The van der Waals surface area contributed by atoms with Crippen LogP contribution in [0.5, 0.6) is 0 Å². The molecule has 0 aliphatic carbocycles. The first kappa shape index (κ1) is 46.2. The summed E-state index contributed by atoms with van der Waals surface area (Å²) >= 11 is 0. The lowest BCUT2D eigenvalue weighted by atomic mass is 9.97. The molecule has 0 spiro atoms. The van der Waals surface area contributed by atoms with Crippen molar-refractivity contribution in [2.24, 2.45) is 10.3 Å². The van der Waals surface area contributed by atoms with Crippen molar-refractivity contribution in [3.63, 3.8) is 0 Å². The molecule has 0 aliphatic heterocycles. The molecule has 2 heterocycles. The zero-order chi connectivity index (χ0) is 49.4. The molecule has 0 saturated carbocycles. The Morgan fingerprint density at radius 2 is 0.714 bits per heavy atom. The quantitative estimate of drug-likeness (QED) is 0.0452. The number of carbonyl (C=O) groups excluding carboxylic acids is 6. The minimum atomic E-state index is -0.869. The van der Waals surface area contributed by atoms with Crippen molar-refractivity contribution in [3.05, 3.63) is 201 Å². The predicted octanol–water partition coefficient (Wildman–Crippen LogP) is 11.9. The lowest BCUT2D eigenvalue weighted by Crippen LogP contribution is -2.13. The van der Waals surface area contributed by atoms with Crippen LogP contribution in [-0.2, 0) is 22.8 Å². The number of oxime groups is 2. The molecule has 0 atom stereocenters. The summed E-state index contributed by atoms with van der Waals surface area (Å²) in [5.74, 6) is -2.84. The van der Waals surface area contributed by atoms with Gasteiger partial charge in [0, 0.05) is 90.1 Å². The highest BCUT2D eigenvalue weighted by Gasteiger charge is 2.21. The topological polar surface area (TPSA) is 155 Å². The van der Waals surface area contributed by atoms with Gasteiger partial charge in [0.25, 0.3) is 0 Å². The van der Waals surface area contributed by atoms with Gasteiger partial charge in [-0.05, 0) is 150 Å². The number of aryl methyl sites for hydroxylation is 4. The number of rotatable bonds is 14. The minimum Gasteiger partial charge on any atom is -0.341 e. The lowest BCUT2D eigenvalue weighted by molar-refractivity contribution is 0.0500. The maximum absolute atomic E-state index is 13.6. The summed E-state index contributed by atoms with van der Waals surface area (Å²) in [5.41, 5.74) is 8.31. The fourth-order valence-electron chi connectivity index (χ4n) is 8.99. The van der Waals surface area contributed by atoms with E-state index in [-0.39, 0.29) is 34.1 Å². The van der Waals surface area contributed by atoms with Gasteiger partial charge in [-0.3, -0.25) is 19.2 Å². The summed E-state index contributed by atoms with van der Waals surface area (Å²) in [7, 11) is 0. The normalized spacial score (nSPS) is 11.9. The molecular weight excluding hydrogens is 881 g/mol. The van der Waals surface area contributed by atoms with Gasteiger partial charge < -0.3 is 18.8 Å². The van der Waals surface area contributed by atoms with Crippen molar-refractivity contribution >= 4 is 90.1 Å². The number of Topliss-reactive ketones (excluding diaryl/α,β-unsaturated/α-hetero) is 2. The van der Waals surface area contributed by atoms with Crippen molar-refractivity contribution in [3.8, 4) is 0 Å². The molecule has 9 rings (SSSR count). The van der Waals surface area contributed by atoms with E-state index in [2.05, 4.69) is 19.4 Å². The van der Waals surface area contributed by atoms with Gasteiger partial charge in [-0.15, -0.1) is 0 Å². The average molecular weight is 927 g/mol. The molecule has 7 aromatic carbocycles. The van der Waals surface area contributed by atoms with Gasteiger partial charge in [0.15, 0.2) is 11.6 Å². The van der Waals surface area contributed by atoms with Crippen molar-refractivity contribution in [2.45, 2.75) is 54.6 Å². The van der Waals surface area contributed by atoms with Gasteiger partial charge in [-0.1, -0.05) is 58.8 Å². The number of hydrogen-bond donors (Lipinski definition) is 0. The van der Waals surface area contributed by atoms with E-state index in [4.69, 9.17) is 9.68 Å². The van der Waals surface area contributed by atoms with Crippen LogP contribution in [0.15, 0.2) is 156 Å².